The van der Waals surface area contributed by atoms with Crippen molar-refractivity contribution in [3.63, 3.8) is 0 Å². The molecule has 0 amide bonds. The van der Waals surface area contributed by atoms with E-state index in [1.165, 1.54) is 238 Å². The molecule has 0 spiro atoms. The number of hydrogen-bond acceptors (Lipinski definition) is 3. The first-order valence-corrected chi connectivity index (χ1v) is 25.7. The molecule has 0 aromatic rings. The van der Waals surface area contributed by atoms with Crippen LogP contribution in [0, 0.1) is 0 Å². The molecule has 3 nitrogen and oxygen atoms in total. The molecule has 0 heterocycles. The number of carbonyl (C=O) groups excluding carboxylic acids is 1. The fourth-order valence-corrected chi connectivity index (χ4v) is 8.09. The third-order valence-corrected chi connectivity index (χ3v) is 12.0. The summed E-state index contributed by atoms with van der Waals surface area (Å²) < 4.78 is 5.47. The maximum Gasteiger partial charge on any atom is 0.305 e. The van der Waals surface area contributed by atoms with Gasteiger partial charge in [0, 0.05) is 6.42 Å². The van der Waals surface area contributed by atoms with Crippen LogP contribution in [0.4, 0.5) is 0 Å². The minimum absolute atomic E-state index is 0.00285. The molecule has 1 atom stereocenters. The van der Waals surface area contributed by atoms with Crippen LogP contribution in [0.5, 0.6) is 0 Å². The van der Waals surface area contributed by atoms with E-state index in [0.717, 1.165) is 44.9 Å². The lowest BCUT2D eigenvalue weighted by Crippen LogP contribution is -2.05. The first-order valence-electron chi connectivity index (χ1n) is 25.7. The number of unbranched alkanes of at least 4 members (excludes halogenated alkanes) is 39. The molecule has 0 aliphatic carbocycles. The SMILES string of the molecule is CCCCCCCCCCCCCCCCCCCCCCCCCCCCCCCCCCOC(=O)CCCCCCCC=CC[C@H](O)CCCCCC. The zero-order valence-electron chi connectivity index (χ0n) is 38.0. The van der Waals surface area contributed by atoms with Crippen molar-refractivity contribution in [2.75, 3.05) is 6.61 Å². The highest BCUT2D eigenvalue weighted by Gasteiger charge is 2.04. The van der Waals surface area contributed by atoms with Crippen LogP contribution in [0.3, 0.4) is 0 Å². The van der Waals surface area contributed by atoms with Crippen molar-refractivity contribution in [1.29, 1.82) is 0 Å². The number of carbonyl (C=O) groups is 1. The van der Waals surface area contributed by atoms with Crippen LogP contribution in [0.1, 0.15) is 303 Å². The fraction of sp³-hybridized carbons (Fsp3) is 0.942. The number of allylic oxidation sites excluding steroid dienone is 1. The van der Waals surface area contributed by atoms with Gasteiger partial charge in [0.15, 0.2) is 0 Å². The summed E-state index contributed by atoms with van der Waals surface area (Å²) in [5, 5.41) is 10.0. The van der Waals surface area contributed by atoms with E-state index in [0.29, 0.717) is 13.0 Å². The minimum Gasteiger partial charge on any atom is -0.466 e. The van der Waals surface area contributed by atoms with Crippen LogP contribution < -0.4 is 0 Å². The summed E-state index contributed by atoms with van der Waals surface area (Å²) in [4.78, 5) is 12.0. The fourth-order valence-electron chi connectivity index (χ4n) is 8.09. The number of rotatable bonds is 48. The molecule has 1 N–H and O–H groups in total. The lowest BCUT2D eigenvalue weighted by atomic mass is 10.0. The molecule has 0 saturated carbocycles. The van der Waals surface area contributed by atoms with Gasteiger partial charge in [0.25, 0.3) is 0 Å². The van der Waals surface area contributed by atoms with Gasteiger partial charge < -0.3 is 9.84 Å². The van der Waals surface area contributed by atoms with Crippen molar-refractivity contribution in [1.82, 2.24) is 0 Å². The monoisotopic (exact) mass is 775 g/mol. The number of aliphatic hydroxyl groups excluding tert-OH is 1. The standard InChI is InChI=1S/C52H102O3/c1-3-5-7-9-10-11-12-13-14-15-16-17-18-19-20-21-22-23-24-25-26-27-28-29-30-31-32-33-36-39-42-46-50-55-52(54)49-45-41-38-35-34-37-40-44-48-51(53)47-43-8-6-4-2/h40,44,51,53H,3-39,41-43,45-50H2,1-2H3/t51-/m1/s1. The van der Waals surface area contributed by atoms with Gasteiger partial charge in [-0.25, -0.2) is 0 Å². The third kappa shape index (κ3) is 49.2. The van der Waals surface area contributed by atoms with E-state index in [4.69, 9.17) is 4.74 Å². The van der Waals surface area contributed by atoms with Gasteiger partial charge in [-0.2, -0.15) is 0 Å². The highest BCUT2D eigenvalue weighted by Crippen LogP contribution is 2.17. The van der Waals surface area contributed by atoms with Crippen molar-refractivity contribution in [2.45, 2.75) is 309 Å². The topological polar surface area (TPSA) is 46.5 Å². The molecule has 0 saturated heterocycles. The van der Waals surface area contributed by atoms with Crippen LogP contribution in [-0.4, -0.2) is 23.8 Å². The van der Waals surface area contributed by atoms with Crippen molar-refractivity contribution in [2.24, 2.45) is 0 Å². The van der Waals surface area contributed by atoms with Crippen LogP contribution in [0.2, 0.25) is 0 Å². The summed E-state index contributed by atoms with van der Waals surface area (Å²) in [5.74, 6) is -0.00285. The predicted octanol–water partition coefficient (Wildman–Crippen LogP) is 18.0. The molecule has 0 aliphatic heterocycles. The summed E-state index contributed by atoms with van der Waals surface area (Å²) in [7, 11) is 0. The molecule has 0 radical (unpaired) electrons. The summed E-state index contributed by atoms with van der Waals surface area (Å²) in [6, 6.07) is 0. The van der Waals surface area contributed by atoms with Crippen molar-refractivity contribution >= 4 is 5.97 Å². The predicted molar refractivity (Wildman–Crippen MR) is 245 cm³/mol. The van der Waals surface area contributed by atoms with Crippen LogP contribution in [0.25, 0.3) is 0 Å². The van der Waals surface area contributed by atoms with Crippen LogP contribution >= 0.6 is 0 Å². The Hall–Kier alpha value is -0.830. The van der Waals surface area contributed by atoms with Gasteiger partial charge in [-0.3, -0.25) is 4.79 Å². The van der Waals surface area contributed by atoms with Gasteiger partial charge in [-0.15, -0.1) is 0 Å². The molecule has 3 heteroatoms. The molecule has 0 aliphatic rings. The molecule has 328 valence electrons. The maximum absolute atomic E-state index is 12.0. The molecule has 0 bridgehead atoms. The van der Waals surface area contributed by atoms with Crippen molar-refractivity contribution < 1.29 is 14.6 Å². The van der Waals surface area contributed by atoms with E-state index in [1.54, 1.807) is 0 Å². The Labute approximate surface area is 347 Å². The largest absolute Gasteiger partial charge is 0.466 e. The van der Waals surface area contributed by atoms with Gasteiger partial charge >= 0.3 is 5.97 Å². The lowest BCUT2D eigenvalue weighted by Gasteiger charge is -2.07. The first kappa shape index (κ1) is 54.2. The third-order valence-electron chi connectivity index (χ3n) is 12.0. The molecule has 0 unspecified atom stereocenters. The average Bonchev–Trinajstić information content (AvgIpc) is 3.19. The van der Waals surface area contributed by atoms with E-state index in [1.807, 2.05) is 0 Å². The normalized spacial score (nSPS) is 12.3. The second-order valence-electron chi connectivity index (χ2n) is 17.7. The number of ether oxygens (including phenoxy) is 1. The molecule has 0 rings (SSSR count). The van der Waals surface area contributed by atoms with Gasteiger partial charge in [0.05, 0.1) is 12.7 Å². The number of aliphatic hydroxyl groups is 1. The lowest BCUT2D eigenvalue weighted by molar-refractivity contribution is -0.143. The smallest absolute Gasteiger partial charge is 0.305 e. The zero-order valence-corrected chi connectivity index (χ0v) is 38.0. The first-order chi connectivity index (χ1) is 27.2. The summed E-state index contributed by atoms with van der Waals surface area (Å²) in [6.07, 6.45) is 63.9. The number of hydrogen-bond donors (Lipinski definition) is 1. The molecule has 0 aromatic carbocycles. The maximum atomic E-state index is 12.0. The zero-order chi connectivity index (χ0) is 39.8. The Morgan fingerprint density at radius 3 is 1.09 bits per heavy atom. The Bertz CT molecular complexity index is 732. The number of esters is 1. The van der Waals surface area contributed by atoms with Crippen molar-refractivity contribution in [3.8, 4) is 0 Å². The van der Waals surface area contributed by atoms with Gasteiger partial charge in [0.2, 0.25) is 0 Å². The average molecular weight is 775 g/mol. The Morgan fingerprint density at radius 2 is 0.709 bits per heavy atom. The van der Waals surface area contributed by atoms with E-state index < -0.39 is 0 Å². The molecular weight excluding hydrogens is 673 g/mol. The minimum atomic E-state index is -0.166. The molecule has 0 aromatic heterocycles. The van der Waals surface area contributed by atoms with Gasteiger partial charge in [-0.1, -0.05) is 270 Å². The molecule has 0 fully saturated rings. The quantitative estimate of drug-likeness (QED) is 0.0380. The molecular formula is C52H102O3. The highest BCUT2D eigenvalue weighted by molar-refractivity contribution is 5.69. The summed E-state index contributed by atoms with van der Waals surface area (Å²) in [5.41, 5.74) is 0. The second-order valence-corrected chi connectivity index (χ2v) is 17.7. The van der Waals surface area contributed by atoms with E-state index in [-0.39, 0.29) is 12.1 Å². The van der Waals surface area contributed by atoms with Crippen LogP contribution in [0.15, 0.2) is 12.2 Å². The summed E-state index contributed by atoms with van der Waals surface area (Å²) in [6.45, 7) is 5.14. The van der Waals surface area contributed by atoms with Gasteiger partial charge in [-0.05, 0) is 38.5 Å². The Kier molecular flexibility index (Phi) is 48.6. The Morgan fingerprint density at radius 1 is 0.400 bits per heavy atom. The van der Waals surface area contributed by atoms with E-state index in [2.05, 4.69) is 26.0 Å². The highest BCUT2D eigenvalue weighted by atomic mass is 16.5. The molecule has 55 heavy (non-hydrogen) atoms. The van der Waals surface area contributed by atoms with Crippen molar-refractivity contribution in [3.05, 3.63) is 12.2 Å². The van der Waals surface area contributed by atoms with Gasteiger partial charge in [0.1, 0.15) is 0 Å². The van der Waals surface area contributed by atoms with E-state index >= 15 is 0 Å². The van der Waals surface area contributed by atoms with E-state index in [9.17, 15) is 9.90 Å². The second kappa shape index (κ2) is 49.3. The Balaban J connectivity index is 3.18. The summed E-state index contributed by atoms with van der Waals surface area (Å²) >= 11 is 0. The van der Waals surface area contributed by atoms with Crippen LogP contribution in [-0.2, 0) is 9.53 Å².